The minimum absolute atomic E-state index is 0.00214. The summed E-state index contributed by atoms with van der Waals surface area (Å²) in [6, 6.07) is 6.85. The molecule has 0 aliphatic heterocycles. The van der Waals surface area contributed by atoms with Crippen LogP contribution in [0.5, 0.6) is 5.75 Å². The van der Waals surface area contributed by atoms with E-state index in [0.29, 0.717) is 24.2 Å². The second-order valence-electron chi connectivity index (χ2n) is 13.0. The molecule has 0 aromatic heterocycles. The highest BCUT2D eigenvalue weighted by atomic mass is 28.4. The van der Waals surface area contributed by atoms with Crippen molar-refractivity contribution in [1.82, 2.24) is 5.32 Å². The van der Waals surface area contributed by atoms with Gasteiger partial charge in [-0.2, -0.15) is 0 Å². The maximum absolute atomic E-state index is 12.3. The predicted octanol–water partition coefficient (Wildman–Crippen LogP) is 6.18. The number of benzene rings is 1. The lowest BCUT2D eigenvalue weighted by molar-refractivity contribution is -0.136. The van der Waals surface area contributed by atoms with Crippen molar-refractivity contribution < 1.29 is 38.5 Å². The number of carbonyl (C=O) groups excluding carboxylic acids is 1. The quantitative estimate of drug-likeness (QED) is 0.161. The van der Waals surface area contributed by atoms with Crippen LogP contribution in [0.4, 0.5) is 4.79 Å². The van der Waals surface area contributed by atoms with Crippen LogP contribution >= 0.6 is 0 Å². The van der Waals surface area contributed by atoms with E-state index in [9.17, 15) is 24.6 Å². The Morgan fingerprint density at radius 2 is 1.50 bits per heavy atom. The van der Waals surface area contributed by atoms with Gasteiger partial charge in [0.05, 0.1) is 17.7 Å². The smallest absolute Gasteiger partial charge is 0.407 e. The molecule has 1 fully saturated rings. The molecule has 1 aliphatic carbocycles. The summed E-state index contributed by atoms with van der Waals surface area (Å²) in [7, 11) is -1.94. The highest BCUT2D eigenvalue weighted by molar-refractivity contribution is 6.74. The summed E-state index contributed by atoms with van der Waals surface area (Å²) in [4.78, 5) is 36.2. The Balaban J connectivity index is 2.03. The lowest BCUT2D eigenvalue weighted by Crippen LogP contribution is -2.44. The number of ether oxygens (including phenoxy) is 2. The van der Waals surface area contributed by atoms with E-state index in [-0.39, 0.29) is 47.8 Å². The molecule has 40 heavy (non-hydrogen) atoms. The van der Waals surface area contributed by atoms with Crippen molar-refractivity contribution in [2.45, 2.75) is 103 Å². The van der Waals surface area contributed by atoms with Gasteiger partial charge in [-0.25, -0.2) is 14.4 Å². The van der Waals surface area contributed by atoms with Crippen molar-refractivity contribution in [2.75, 3.05) is 13.2 Å². The Morgan fingerprint density at radius 3 is 1.98 bits per heavy atom. The Kier molecular flexibility index (Phi) is 11.4. The summed E-state index contributed by atoms with van der Waals surface area (Å²) >= 11 is 0. The summed E-state index contributed by atoms with van der Waals surface area (Å²) in [6.45, 7) is 16.8. The molecule has 0 atom stereocenters. The van der Waals surface area contributed by atoms with Crippen LogP contribution < -0.4 is 10.1 Å². The third-order valence-electron chi connectivity index (χ3n) is 7.51. The fourth-order valence-electron chi connectivity index (χ4n) is 4.44. The molecule has 1 aromatic carbocycles. The molecule has 3 N–H and O–H groups in total. The van der Waals surface area contributed by atoms with Gasteiger partial charge in [0.25, 0.3) is 0 Å². The van der Waals surface area contributed by atoms with E-state index in [1.807, 2.05) is 0 Å². The number of carboxylic acid groups (broad SMARTS) is 2. The molecule has 9 nitrogen and oxygen atoms in total. The van der Waals surface area contributed by atoms with Crippen LogP contribution in [-0.4, -0.2) is 61.4 Å². The molecule has 0 bridgehead atoms. The summed E-state index contributed by atoms with van der Waals surface area (Å²) < 4.78 is 17.3. The molecule has 0 unspecified atom stereocenters. The zero-order valence-corrected chi connectivity index (χ0v) is 26.3. The molecule has 10 heteroatoms. The summed E-state index contributed by atoms with van der Waals surface area (Å²) in [5, 5.41) is 22.7. The number of nitrogens with one attached hydrogen (secondary N) is 1. The Morgan fingerprint density at radius 1 is 0.925 bits per heavy atom. The van der Waals surface area contributed by atoms with Crippen LogP contribution in [0, 0.1) is 5.92 Å². The van der Waals surface area contributed by atoms with Crippen LogP contribution in [0.1, 0.15) is 72.8 Å². The number of hydrogen-bond acceptors (Lipinski definition) is 6. The van der Waals surface area contributed by atoms with E-state index in [1.165, 1.54) is 0 Å². The minimum atomic E-state index is -1.94. The first-order valence-corrected chi connectivity index (χ1v) is 16.9. The van der Waals surface area contributed by atoms with Crippen molar-refractivity contribution >= 4 is 26.3 Å². The SMILES string of the molecule is CC(C)(C)OC(=O)NCCOc1ccc(CC(C(=O)O)=C(C(=O)O)[C@H]2CC[C@@H](O[Si](C)(C)C(C)(C)C)CC2)cc1. The number of aliphatic carboxylic acids is 2. The topological polar surface area (TPSA) is 131 Å². The molecule has 1 aromatic rings. The van der Waals surface area contributed by atoms with Gasteiger partial charge >= 0.3 is 18.0 Å². The number of alkyl carbamates (subject to hydrolysis) is 1. The lowest BCUT2D eigenvalue weighted by Gasteiger charge is -2.41. The zero-order chi connectivity index (χ0) is 30.3. The second-order valence-corrected chi connectivity index (χ2v) is 17.7. The standard InChI is InChI=1S/C30H47NO8Si/c1-29(2,3)38-28(36)31-17-18-37-22-13-9-20(10-14-22)19-24(26(32)33)25(27(34)35)21-11-15-23(16-12-21)39-40(7,8)30(4,5)6/h9-10,13-14,21,23H,11-12,15-19H2,1-8H3,(H,31,36)(H,32,33)(H,34,35)/t21-,23+. The van der Waals surface area contributed by atoms with E-state index in [2.05, 4.69) is 39.2 Å². The molecule has 0 spiro atoms. The molecule has 0 radical (unpaired) electrons. The first kappa shape index (κ1) is 33.4. The fourth-order valence-corrected chi connectivity index (χ4v) is 5.87. The van der Waals surface area contributed by atoms with Crippen LogP contribution in [-0.2, 0) is 25.2 Å². The van der Waals surface area contributed by atoms with E-state index in [1.54, 1.807) is 45.0 Å². The van der Waals surface area contributed by atoms with Gasteiger partial charge in [0.1, 0.15) is 18.0 Å². The third-order valence-corrected chi connectivity index (χ3v) is 12.0. The fraction of sp³-hybridized carbons (Fsp3) is 0.633. The molecule has 1 amide bonds. The van der Waals surface area contributed by atoms with Gasteiger partial charge in [-0.15, -0.1) is 0 Å². The van der Waals surface area contributed by atoms with E-state index in [4.69, 9.17) is 13.9 Å². The van der Waals surface area contributed by atoms with Crippen LogP contribution in [0.15, 0.2) is 35.4 Å². The summed E-state index contributed by atoms with van der Waals surface area (Å²) in [5.74, 6) is -2.17. The first-order chi connectivity index (χ1) is 18.4. The zero-order valence-electron chi connectivity index (χ0n) is 25.3. The van der Waals surface area contributed by atoms with E-state index >= 15 is 0 Å². The normalized spacial score (nSPS) is 18.9. The largest absolute Gasteiger partial charge is 0.492 e. The van der Waals surface area contributed by atoms with Gasteiger partial charge in [-0.1, -0.05) is 32.9 Å². The molecule has 0 saturated heterocycles. The minimum Gasteiger partial charge on any atom is -0.492 e. The van der Waals surface area contributed by atoms with Gasteiger partial charge in [0.2, 0.25) is 0 Å². The van der Waals surface area contributed by atoms with Crippen molar-refractivity contribution in [3.8, 4) is 5.75 Å². The maximum atomic E-state index is 12.3. The number of carbonyl (C=O) groups is 3. The van der Waals surface area contributed by atoms with E-state index < -0.39 is 32.0 Å². The van der Waals surface area contributed by atoms with Gasteiger partial charge in [-0.05, 0) is 88.2 Å². The van der Waals surface area contributed by atoms with Crippen molar-refractivity contribution in [3.05, 3.63) is 41.0 Å². The van der Waals surface area contributed by atoms with Gasteiger partial charge in [0, 0.05) is 12.5 Å². The molecular formula is C30H47NO8Si. The first-order valence-electron chi connectivity index (χ1n) is 14.0. The molecule has 1 saturated carbocycles. The lowest BCUT2D eigenvalue weighted by atomic mass is 9.79. The highest BCUT2D eigenvalue weighted by Crippen LogP contribution is 2.41. The molecule has 2 rings (SSSR count). The second kappa shape index (κ2) is 13.7. The van der Waals surface area contributed by atoms with Crippen molar-refractivity contribution in [1.29, 1.82) is 0 Å². The average molecular weight is 578 g/mol. The summed E-state index contributed by atoms with van der Waals surface area (Å²) in [6.07, 6.45) is 2.16. The predicted molar refractivity (Wildman–Crippen MR) is 156 cm³/mol. The molecular weight excluding hydrogens is 530 g/mol. The summed E-state index contributed by atoms with van der Waals surface area (Å²) in [5.41, 5.74) is -0.00288. The number of carboxylic acids is 2. The number of rotatable bonds is 11. The molecule has 0 heterocycles. The van der Waals surface area contributed by atoms with Gasteiger partial charge in [-0.3, -0.25) is 0 Å². The highest BCUT2D eigenvalue weighted by Gasteiger charge is 2.40. The Bertz CT molecular complexity index is 1060. The monoisotopic (exact) mass is 577 g/mol. The van der Waals surface area contributed by atoms with E-state index in [0.717, 1.165) is 12.8 Å². The Hall–Kier alpha value is -2.85. The average Bonchev–Trinajstić information content (AvgIpc) is 2.81. The van der Waals surface area contributed by atoms with Crippen molar-refractivity contribution in [3.63, 3.8) is 0 Å². The third kappa shape index (κ3) is 10.3. The van der Waals surface area contributed by atoms with Crippen LogP contribution in [0.3, 0.4) is 0 Å². The number of hydrogen-bond donors (Lipinski definition) is 3. The van der Waals surface area contributed by atoms with Gasteiger partial charge in [0.15, 0.2) is 8.32 Å². The van der Waals surface area contributed by atoms with Crippen molar-refractivity contribution in [2.24, 2.45) is 5.92 Å². The number of amides is 1. The molecule has 1 aliphatic rings. The maximum Gasteiger partial charge on any atom is 0.407 e. The van der Waals surface area contributed by atoms with Crippen LogP contribution in [0.2, 0.25) is 18.1 Å². The van der Waals surface area contributed by atoms with Crippen LogP contribution in [0.25, 0.3) is 0 Å². The Labute approximate surface area is 239 Å². The molecule has 224 valence electrons. The van der Waals surface area contributed by atoms with Gasteiger partial charge < -0.3 is 29.4 Å².